The fourth-order valence-corrected chi connectivity index (χ4v) is 2.75. The zero-order valence-electron chi connectivity index (χ0n) is 14.1. The van der Waals surface area contributed by atoms with Gasteiger partial charge in [0.1, 0.15) is 5.82 Å². The molecule has 25 heavy (non-hydrogen) atoms. The number of aryl methyl sites for hydroxylation is 3. The second-order valence-electron chi connectivity index (χ2n) is 5.78. The lowest BCUT2D eigenvalue weighted by atomic mass is 10.1. The molecule has 0 aliphatic carbocycles. The molecule has 128 valence electrons. The quantitative estimate of drug-likeness (QED) is 0.776. The fourth-order valence-electron chi connectivity index (χ4n) is 2.49. The van der Waals surface area contributed by atoms with Gasteiger partial charge in [0.25, 0.3) is 5.56 Å². The lowest BCUT2D eigenvalue weighted by molar-refractivity contribution is 0.440. The zero-order valence-corrected chi connectivity index (χ0v) is 14.8. The van der Waals surface area contributed by atoms with Crippen LogP contribution in [0.3, 0.4) is 0 Å². The van der Waals surface area contributed by atoms with Crippen LogP contribution in [-0.2, 0) is 7.05 Å². The molecule has 6 nitrogen and oxygen atoms in total. The number of nitrogen functional groups attached to an aromatic ring is 1. The van der Waals surface area contributed by atoms with Crippen LogP contribution in [0.25, 0.3) is 11.3 Å². The van der Waals surface area contributed by atoms with Crippen LogP contribution in [0.1, 0.15) is 11.1 Å². The van der Waals surface area contributed by atoms with Crippen LogP contribution >= 0.6 is 11.6 Å². The summed E-state index contributed by atoms with van der Waals surface area (Å²) in [6.45, 7) is 3.63. The summed E-state index contributed by atoms with van der Waals surface area (Å²) in [4.78, 5) is 20.4. The Morgan fingerprint density at radius 1 is 1.16 bits per heavy atom. The highest BCUT2D eigenvalue weighted by molar-refractivity contribution is 6.32. The molecular formula is C18H17ClN4O2. The molecule has 0 spiro atoms. The van der Waals surface area contributed by atoms with Gasteiger partial charge in [0, 0.05) is 30.4 Å². The van der Waals surface area contributed by atoms with Crippen molar-refractivity contribution in [1.82, 2.24) is 14.5 Å². The number of rotatable bonds is 3. The Labute approximate surface area is 149 Å². The number of anilines is 1. The number of pyridine rings is 1. The summed E-state index contributed by atoms with van der Waals surface area (Å²) in [5.74, 6) is 0.744. The van der Waals surface area contributed by atoms with E-state index in [0.29, 0.717) is 22.0 Å². The summed E-state index contributed by atoms with van der Waals surface area (Å²) < 4.78 is 7.27. The largest absolute Gasteiger partial charge is 0.422 e. The molecule has 0 amide bonds. The minimum atomic E-state index is -0.0612. The van der Waals surface area contributed by atoms with Crippen molar-refractivity contribution >= 4 is 17.4 Å². The van der Waals surface area contributed by atoms with Crippen molar-refractivity contribution in [3.63, 3.8) is 0 Å². The van der Waals surface area contributed by atoms with Gasteiger partial charge in [-0.2, -0.15) is 9.97 Å². The third-order valence-electron chi connectivity index (χ3n) is 3.74. The summed E-state index contributed by atoms with van der Waals surface area (Å²) in [6, 6.07) is 8.93. The molecule has 0 fully saturated rings. The molecule has 2 aromatic heterocycles. The Morgan fingerprint density at radius 2 is 1.92 bits per heavy atom. The molecule has 0 radical (unpaired) electrons. The highest BCUT2D eigenvalue weighted by Crippen LogP contribution is 2.32. The van der Waals surface area contributed by atoms with Gasteiger partial charge in [-0.15, -0.1) is 0 Å². The van der Waals surface area contributed by atoms with E-state index in [-0.39, 0.29) is 17.4 Å². The number of para-hydroxylation sites is 1. The van der Waals surface area contributed by atoms with E-state index in [4.69, 9.17) is 22.1 Å². The number of hydrogen-bond donors (Lipinski definition) is 1. The van der Waals surface area contributed by atoms with Crippen molar-refractivity contribution in [2.24, 2.45) is 7.05 Å². The maximum atomic E-state index is 11.9. The lowest BCUT2D eigenvalue weighted by Gasteiger charge is -2.11. The monoisotopic (exact) mass is 356 g/mol. The highest BCUT2D eigenvalue weighted by Gasteiger charge is 2.12. The Bertz CT molecular complexity index is 968. The minimum Gasteiger partial charge on any atom is -0.422 e. The number of benzene rings is 1. The summed E-state index contributed by atoms with van der Waals surface area (Å²) in [5.41, 5.74) is 8.62. The topological polar surface area (TPSA) is 83.0 Å². The van der Waals surface area contributed by atoms with E-state index >= 15 is 0 Å². The number of halogens is 1. The standard InChI is InChI=1S/C18H17ClN4O2/c1-10-5-4-6-13(19)16(10)25-18-21-14(8-15(20)22-18)12-7-11(2)17(24)23(3)9-12/h4-9H,1-3H3,(H2,20,21,22). The average molecular weight is 357 g/mol. The summed E-state index contributed by atoms with van der Waals surface area (Å²) in [6.07, 6.45) is 1.70. The molecule has 7 heteroatoms. The maximum absolute atomic E-state index is 11.9. The molecule has 3 rings (SSSR count). The van der Waals surface area contributed by atoms with Gasteiger partial charge < -0.3 is 15.0 Å². The zero-order chi connectivity index (χ0) is 18.1. The van der Waals surface area contributed by atoms with Crippen LogP contribution < -0.4 is 16.0 Å². The van der Waals surface area contributed by atoms with Crippen molar-refractivity contribution in [2.75, 3.05) is 5.73 Å². The highest BCUT2D eigenvalue weighted by atomic mass is 35.5. The van der Waals surface area contributed by atoms with Crippen molar-refractivity contribution in [3.05, 3.63) is 63.0 Å². The number of aromatic nitrogens is 3. The van der Waals surface area contributed by atoms with Crippen molar-refractivity contribution in [2.45, 2.75) is 13.8 Å². The summed E-state index contributed by atoms with van der Waals surface area (Å²) in [5, 5.41) is 0.463. The fraction of sp³-hybridized carbons (Fsp3) is 0.167. The van der Waals surface area contributed by atoms with Gasteiger partial charge in [0.05, 0.1) is 10.7 Å². The van der Waals surface area contributed by atoms with E-state index in [1.165, 1.54) is 4.57 Å². The molecule has 0 bridgehead atoms. The van der Waals surface area contributed by atoms with E-state index in [0.717, 1.165) is 11.1 Å². The van der Waals surface area contributed by atoms with E-state index < -0.39 is 0 Å². The Balaban J connectivity index is 2.06. The summed E-state index contributed by atoms with van der Waals surface area (Å²) in [7, 11) is 1.69. The van der Waals surface area contributed by atoms with Gasteiger partial charge in [0.2, 0.25) is 0 Å². The molecular weight excluding hydrogens is 340 g/mol. The molecule has 3 aromatic rings. The Kier molecular flexibility index (Phi) is 4.46. The predicted molar refractivity (Wildman–Crippen MR) is 98.1 cm³/mol. The van der Waals surface area contributed by atoms with Crippen molar-refractivity contribution in [3.8, 4) is 23.0 Å². The number of nitrogens with zero attached hydrogens (tertiary/aromatic N) is 3. The van der Waals surface area contributed by atoms with Crippen LogP contribution in [0, 0.1) is 13.8 Å². The third-order valence-corrected chi connectivity index (χ3v) is 4.04. The molecule has 2 heterocycles. The Morgan fingerprint density at radius 3 is 2.60 bits per heavy atom. The van der Waals surface area contributed by atoms with Gasteiger partial charge in [-0.1, -0.05) is 23.7 Å². The normalized spacial score (nSPS) is 10.7. The first-order valence-corrected chi connectivity index (χ1v) is 7.98. The van der Waals surface area contributed by atoms with Crippen LogP contribution in [-0.4, -0.2) is 14.5 Å². The Hall–Kier alpha value is -2.86. The van der Waals surface area contributed by atoms with Crippen molar-refractivity contribution in [1.29, 1.82) is 0 Å². The number of hydrogen-bond acceptors (Lipinski definition) is 5. The second kappa shape index (κ2) is 6.57. The first-order chi connectivity index (χ1) is 11.8. The van der Waals surface area contributed by atoms with Crippen LogP contribution in [0.2, 0.25) is 5.02 Å². The van der Waals surface area contributed by atoms with Gasteiger partial charge in [-0.25, -0.2) is 0 Å². The average Bonchev–Trinajstić information content (AvgIpc) is 2.55. The second-order valence-corrected chi connectivity index (χ2v) is 6.18. The molecule has 2 N–H and O–H groups in total. The minimum absolute atomic E-state index is 0.0612. The first kappa shape index (κ1) is 17.0. The maximum Gasteiger partial charge on any atom is 0.324 e. The summed E-state index contributed by atoms with van der Waals surface area (Å²) >= 11 is 6.19. The lowest BCUT2D eigenvalue weighted by Crippen LogP contribution is -2.18. The van der Waals surface area contributed by atoms with Gasteiger partial charge in [-0.05, 0) is 31.5 Å². The molecule has 0 unspecified atom stereocenters. The smallest absolute Gasteiger partial charge is 0.324 e. The van der Waals surface area contributed by atoms with Crippen LogP contribution in [0.5, 0.6) is 11.8 Å². The molecule has 0 aliphatic heterocycles. The third kappa shape index (κ3) is 3.49. The predicted octanol–water partition coefficient (Wildman–Crippen LogP) is 3.49. The van der Waals surface area contributed by atoms with Gasteiger partial charge in [-0.3, -0.25) is 4.79 Å². The molecule has 1 aromatic carbocycles. The van der Waals surface area contributed by atoms with Gasteiger partial charge in [0.15, 0.2) is 5.75 Å². The number of ether oxygens (including phenoxy) is 1. The van der Waals surface area contributed by atoms with Gasteiger partial charge >= 0.3 is 6.01 Å². The molecule has 0 saturated heterocycles. The van der Waals surface area contributed by atoms with E-state index in [1.807, 2.05) is 19.1 Å². The number of nitrogens with two attached hydrogens (primary N) is 1. The van der Waals surface area contributed by atoms with Crippen molar-refractivity contribution < 1.29 is 4.74 Å². The van der Waals surface area contributed by atoms with E-state index in [1.54, 1.807) is 38.4 Å². The molecule has 0 aliphatic rings. The van der Waals surface area contributed by atoms with E-state index in [2.05, 4.69) is 9.97 Å². The SMILES string of the molecule is Cc1cccc(Cl)c1Oc1nc(N)cc(-c2cc(C)c(=O)n(C)c2)n1. The first-order valence-electron chi connectivity index (χ1n) is 7.60. The molecule has 0 saturated carbocycles. The van der Waals surface area contributed by atoms with Crippen LogP contribution in [0.4, 0.5) is 5.82 Å². The molecule has 0 atom stereocenters. The van der Waals surface area contributed by atoms with E-state index in [9.17, 15) is 4.79 Å². The van der Waals surface area contributed by atoms with Crippen LogP contribution in [0.15, 0.2) is 41.3 Å².